The number of hydrogen-bond acceptors (Lipinski definition) is 4. The van der Waals surface area contributed by atoms with Crippen molar-refractivity contribution in [1.29, 1.82) is 0 Å². The zero-order chi connectivity index (χ0) is 23.5. The number of anilines is 1. The van der Waals surface area contributed by atoms with Gasteiger partial charge in [-0.1, -0.05) is 59.1 Å². The van der Waals surface area contributed by atoms with E-state index in [0.29, 0.717) is 46.0 Å². The Labute approximate surface area is 208 Å². The molecular formula is C25H23Cl3N2O3. The van der Waals surface area contributed by atoms with E-state index in [1.165, 1.54) is 0 Å². The van der Waals surface area contributed by atoms with Crippen molar-refractivity contribution in [2.45, 2.75) is 12.1 Å². The van der Waals surface area contributed by atoms with Crippen molar-refractivity contribution in [3.63, 3.8) is 0 Å². The molecule has 0 bridgehead atoms. The number of amides is 1. The summed E-state index contributed by atoms with van der Waals surface area (Å²) in [6.45, 7) is 1.36. The molecule has 8 heteroatoms. The summed E-state index contributed by atoms with van der Waals surface area (Å²) in [6.07, 6.45) is -1.26. The Morgan fingerprint density at radius 2 is 1.64 bits per heavy atom. The minimum absolute atomic E-state index is 0.179. The maximum atomic E-state index is 13.2. The van der Waals surface area contributed by atoms with Crippen molar-refractivity contribution in [3.05, 3.63) is 92.9 Å². The predicted octanol–water partition coefficient (Wildman–Crippen LogP) is 5.78. The number of halogens is 3. The number of carbonyl (C=O) groups is 1. The van der Waals surface area contributed by atoms with Crippen LogP contribution in [0.5, 0.6) is 5.75 Å². The smallest absolute Gasteiger partial charge is 0.256 e. The molecule has 1 saturated heterocycles. The van der Waals surface area contributed by atoms with Crippen LogP contribution in [0.25, 0.3) is 0 Å². The number of piperazine rings is 1. The van der Waals surface area contributed by atoms with Crippen LogP contribution in [-0.4, -0.2) is 42.7 Å². The SMILES string of the molecule is COc1ccc(C(O)C(=O)N2CCN(c3ccc(Cl)cc3Cl)[C@H](c3ccc(Cl)cc3)C2)cc1. The number of nitrogens with zero attached hydrogens (tertiary/aromatic N) is 2. The van der Waals surface area contributed by atoms with Crippen molar-refractivity contribution < 1.29 is 14.6 Å². The Balaban J connectivity index is 1.61. The Bertz CT molecular complexity index is 1120. The summed E-state index contributed by atoms with van der Waals surface area (Å²) in [5, 5.41) is 12.5. The number of ether oxygens (including phenoxy) is 1. The predicted molar refractivity (Wildman–Crippen MR) is 133 cm³/mol. The third kappa shape index (κ3) is 5.22. The van der Waals surface area contributed by atoms with E-state index in [2.05, 4.69) is 4.90 Å². The fourth-order valence-electron chi connectivity index (χ4n) is 4.06. The zero-order valence-corrected chi connectivity index (χ0v) is 20.2. The zero-order valence-electron chi connectivity index (χ0n) is 17.9. The highest BCUT2D eigenvalue weighted by atomic mass is 35.5. The van der Waals surface area contributed by atoms with Gasteiger partial charge in [-0.2, -0.15) is 0 Å². The van der Waals surface area contributed by atoms with Crippen LogP contribution >= 0.6 is 34.8 Å². The van der Waals surface area contributed by atoms with E-state index in [1.54, 1.807) is 48.4 Å². The van der Waals surface area contributed by atoms with Gasteiger partial charge in [0.05, 0.1) is 23.9 Å². The third-order valence-electron chi connectivity index (χ3n) is 5.83. The number of aliphatic hydroxyl groups excluding tert-OH is 1. The summed E-state index contributed by atoms with van der Waals surface area (Å²) in [7, 11) is 1.57. The Morgan fingerprint density at radius 3 is 2.27 bits per heavy atom. The van der Waals surface area contributed by atoms with Crippen molar-refractivity contribution >= 4 is 46.4 Å². The lowest BCUT2D eigenvalue weighted by atomic mass is 10.00. The van der Waals surface area contributed by atoms with Crippen LogP contribution < -0.4 is 9.64 Å². The quantitative estimate of drug-likeness (QED) is 0.478. The second-order valence-corrected chi connectivity index (χ2v) is 9.10. The summed E-state index contributed by atoms with van der Waals surface area (Å²) < 4.78 is 5.16. The van der Waals surface area contributed by atoms with Gasteiger partial charge in [-0.25, -0.2) is 0 Å². The number of carbonyl (C=O) groups excluding carboxylic acids is 1. The van der Waals surface area contributed by atoms with Gasteiger partial charge in [-0.3, -0.25) is 4.79 Å². The lowest BCUT2D eigenvalue weighted by Gasteiger charge is -2.44. The van der Waals surface area contributed by atoms with Gasteiger partial charge in [0, 0.05) is 29.7 Å². The second-order valence-electron chi connectivity index (χ2n) is 7.82. The minimum Gasteiger partial charge on any atom is -0.497 e. The van der Waals surface area contributed by atoms with Gasteiger partial charge in [-0.15, -0.1) is 0 Å². The normalized spacial score (nSPS) is 17.1. The molecule has 3 aromatic rings. The van der Waals surface area contributed by atoms with Crippen LogP contribution in [0.15, 0.2) is 66.7 Å². The number of benzene rings is 3. The van der Waals surface area contributed by atoms with E-state index < -0.39 is 6.10 Å². The highest BCUT2D eigenvalue weighted by Crippen LogP contribution is 2.37. The molecule has 1 N–H and O–H groups in total. The average Bonchev–Trinajstić information content (AvgIpc) is 2.83. The Kier molecular flexibility index (Phi) is 7.35. The molecule has 0 radical (unpaired) electrons. The first-order chi connectivity index (χ1) is 15.9. The molecule has 0 aromatic heterocycles. The lowest BCUT2D eigenvalue weighted by molar-refractivity contribution is -0.141. The van der Waals surface area contributed by atoms with Gasteiger partial charge in [-0.05, 0) is 53.6 Å². The maximum Gasteiger partial charge on any atom is 0.256 e. The first-order valence-corrected chi connectivity index (χ1v) is 11.6. The van der Waals surface area contributed by atoms with Crippen molar-refractivity contribution in [3.8, 4) is 5.75 Å². The molecule has 172 valence electrons. The summed E-state index contributed by atoms with van der Waals surface area (Å²) in [5.74, 6) is 0.315. The second kappa shape index (κ2) is 10.2. The Hall–Kier alpha value is -2.44. The summed E-state index contributed by atoms with van der Waals surface area (Å²) in [6, 6.07) is 19.6. The molecule has 0 spiro atoms. The molecule has 5 nitrogen and oxygen atoms in total. The first kappa shape index (κ1) is 23.7. The third-order valence-corrected chi connectivity index (χ3v) is 6.62. The molecule has 1 heterocycles. The molecular weight excluding hydrogens is 483 g/mol. The highest BCUT2D eigenvalue weighted by molar-refractivity contribution is 6.36. The highest BCUT2D eigenvalue weighted by Gasteiger charge is 2.34. The molecule has 2 atom stereocenters. The van der Waals surface area contributed by atoms with E-state index in [9.17, 15) is 9.90 Å². The van der Waals surface area contributed by atoms with E-state index in [4.69, 9.17) is 39.5 Å². The molecule has 0 saturated carbocycles. The lowest BCUT2D eigenvalue weighted by Crippen LogP contribution is -2.51. The van der Waals surface area contributed by atoms with Gasteiger partial charge in [0.1, 0.15) is 5.75 Å². The van der Waals surface area contributed by atoms with Gasteiger partial charge >= 0.3 is 0 Å². The van der Waals surface area contributed by atoms with Crippen molar-refractivity contribution in [1.82, 2.24) is 4.90 Å². The van der Waals surface area contributed by atoms with Gasteiger partial charge in [0.15, 0.2) is 6.10 Å². The number of aliphatic hydroxyl groups is 1. The standard InChI is InChI=1S/C25H23Cl3N2O3/c1-33-20-9-4-17(5-10-20)24(31)25(32)29-12-13-30(22-11-8-19(27)14-21(22)28)23(15-29)16-2-6-18(26)7-3-16/h2-11,14,23-24,31H,12-13,15H2,1H3/t23-,24?/m0/s1. The molecule has 1 aliphatic rings. The average molecular weight is 506 g/mol. The van der Waals surface area contributed by atoms with Crippen LogP contribution in [0.2, 0.25) is 15.1 Å². The molecule has 1 amide bonds. The topological polar surface area (TPSA) is 53.0 Å². The van der Waals surface area contributed by atoms with Crippen molar-refractivity contribution in [2.75, 3.05) is 31.6 Å². The van der Waals surface area contributed by atoms with Crippen LogP contribution in [0.4, 0.5) is 5.69 Å². The molecule has 1 aliphatic heterocycles. The van der Waals surface area contributed by atoms with E-state index >= 15 is 0 Å². The Morgan fingerprint density at radius 1 is 0.970 bits per heavy atom. The summed E-state index contributed by atoms with van der Waals surface area (Å²) >= 11 is 18.7. The van der Waals surface area contributed by atoms with E-state index in [1.807, 2.05) is 30.3 Å². The van der Waals surface area contributed by atoms with Crippen LogP contribution in [0.1, 0.15) is 23.3 Å². The van der Waals surface area contributed by atoms with E-state index in [0.717, 1.165) is 11.3 Å². The molecule has 0 aliphatic carbocycles. The fourth-order valence-corrected chi connectivity index (χ4v) is 4.70. The fraction of sp³-hybridized carbons (Fsp3) is 0.240. The molecule has 1 fully saturated rings. The van der Waals surface area contributed by atoms with Gasteiger partial charge in [0.2, 0.25) is 0 Å². The monoisotopic (exact) mass is 504 g/mol. The maximum absolute atomic E-state index is 13.2. The van der Waals surface area contributed by atoms with Crippen LogP contribution in [0, 0.1) is 0 Å². The van der Waals surface area contributed by atoms with Crippen LogP contribution in [0.3, 0.4) is 0 Å². The first-order valence-electron chi connectivity index (χ1n) is 10.5. The van der Waals surface area contributed by atoms with Crippen LogP contribution in [-0.2, 0) is 4.79 Å². The number of methoxy groups -OCH3 is 1. The summed E-state index contributed by atoms with van der Waals surface area (Å²) in [5.41, 5.74) is 2.35. The van der Waals surface area contributed by atoms with Gasteiger partial charge < -0.3 is 19.6 Å². The minimum atomic E-state index is -1.26. The number of rotatable bonds is 5. The molecule has 3 aromatic carbocycles. The molecule has 1 unspecified atom stereocenters. The van der Waals surface area contributed by atoms with Gasteiger partial charge in [0.25, 0.3) is 5.91 Å². The summed E-state index contributed by atoms with van der Waals surface area (Å²) in [4.78, 5) is 17.0. The van der Waals surface area contributed by atoms with Crippen molar-refractivity contribution in [2.24, 2.45) is 0 Å². The molecule has 4 rings (SSSR count). The number of hydrogen-bond donors (Lipinski definition) is 1. The van der Waals surface area contributed by atoms with E-state index in [-0.39, 0.29) is 11.9 Å². The molecule has 33 heavy (non-hydrogen) atoms. The largest absolute Gasteiger partial charge is 0.497 e.